The zero-order valence-electron chi connectivity index (χ0n) is 11.0. The first-order valence-electron chi connectivity index (χ1n) is 5.93. The van der Waals surface area contributed by atoms with Gasteiger partial charge in [0.05, 0.1) is 4.92 Å². The lowest BCUT2D eigenvalue weighted by Crippen LogP contribution is -1.93. The number of nitrogens with zero attached hydrogens (tertiary/aromatic N) is 3. The van der Waals surface area contributed by atoms with Crippen molar-refractivity contribution in [3.05, 3.63) is 57.3 Å². The molecule has 2 rings (SSSR count). The van der Waals surface area contributed by atoms with Gasteiger partial charge < -0.3 is 4.42 Å². The van der Waals surface area contributed by atoms with Crippen molar-refractivity contribution in [3.8, 4) is 23.5 Å². The predicted molar refractivity (Wildman–Crippen MR) is 74.7 cm³/mol. The number of hydrogen-bond acceptors (Lipinski definition) is 5. The predicted octanol–water partition coefficient (Wildman–Crippen LogP) is 3.59. The summed E-state index contributed by atoms with van der Waals surface area (Å²) in [6.07, 6.45) is 1.32. The molecule has 0 aliphatic rings. The molecular weight excluding hydrogens is 270 g/mol. The van der Waals surface area contributed by atoms with E-state index in [1.807, 2.05) is 0 Å². The van der Waals surface area contributed by atoms with E-state index in [4.69, 9.17) is 14.9 Å². The Kier molecular flexibility index (Phi) is 3.83. The zero-order valence-corrected chi connectivity index (χ0v) is 11.0. The number of nitro groups is 1. The van der Waals surface area contributed by atoms with Gasteiger partial charge in [-0.2, -0.15) is 10.5 Å². The average Bonchev–Trinajstić information content (AvgIpc) is 2.93. The number of allylic oxidation sites excluding steroid dienone is 1. The van der Waals surface area contributed by atoms with Crippen LogP contribution in [0.1, 0.15) is 11.3 Å². The number of hydrogen-bond donors (Lipinski definition) is 0. The van der Waals surface area contributed by atoms with Gasteiger partial charge in [-0.25, -0.2) is 0 Å². The average molecular weight is 279 g/mol. The highest BCUT2D eigenvalue weighted by atomic mass is 16.6. The standard InChI is InChI=1S/C15H9N3O3/c1-10-13(3-2-4-14(10)18(19)20)15-6-5-12(21-15)7-11(8-16)9-17/h2-7H,1H3. The molecule has 6 nitrogen and oxygen atoms in total. The molecule has 0 atom stereocenters. The molecule has 0 unspecified atom stereocenters. The Morgan fingerprint density at radius 1 is 1.29 bits per heavy atom. The largest absolute Gasteiger partial charge is 0.457 e. The van der Waals surface area contributed by atoms with Crippen LogP contribution in [-0.2, 0) is 0 Å². The summed E-state index contributed by atoms with van der Waals surface area (Å²) in [6, 6.07) is 11.4. The van der Waals surface area contributed by atoms with Gasteiger partial charge in [0.25, 0.3) is 5.69 Å². The summed E-state index contributed by atoms with van der Waals surface area (Å²) < 4.78 is 5.52. The monoisotopic (exact) mass is 279 g/mol. The summed E-state index contributed by atoms with van der Waals surface area (Å²) in [5, 5.41) is 28.3. The number of benzene rings is 1. The normalized spacial score (nSPS) is 9.48. The molecule has 2 aromatic rings. The van der Waals surface area contributed by atoms with Gasteiger partial charge in [0.15, 0.2) is 0 Å². The minimum absolute atomic E-state index is 0.00994. The highest BCUT2D eigenvalue weighted by molar-refractivity contribution is 5.69. The third-order valence-corrected chi connectivity index (χ3v) is 2.92. The zero-order chi connectivity index (χ0) is 15.4. The molecule has 0 aliphatic carbocycles. The van der Waals surface area contributed by atoms with E-state index in [-0.39, 0.29) is 11.3 Å². The van der Waals surface area contributed by atoms with Crippen LogP contribution < -0.4 is 0 Å². The van der Waals surface area contributed by atoms with Crippen LogP contribution in [0.3, 0.4) is 0 Å². The topological polar surface area (TPSA) is 104 Å². The van der Waals surface area contributed by atoms with E-state index in [1.54, 1.807) is 43.3 Å². The maximum atomic E-state index is 10.9. The number of nitro benzene ring substituents is 1. The molecule has 0 amide bonds. The Labute approximate surface area is 120 Å². The number of rotatable bonds is 3. The molecular formula is C15H9N3O3. The summed E-state index contributed by atoms with van der Waals surface area (Å²) in [5.74, 6) is 0.784. The molecule has 0 N–H and O–H groups in total. The quantitative estimate of drug-likeness (QED) is 0.485. The molecule has 0 aliphatic heterocycles. The van der Waals surface area contributed by atoms with Crippen molar-refractivity contribution in [1.29, 1.82) is 10.5 Å². The lowest BCUT2D eigenvalue weighted by atomic mass is 10.1. The third-order valence-electron chi connectivity index (χ3n) is 2.92. The van der Waals surface area contributed by atoms with Gasteiger partial charge in [-0.05, 0) is 19.1 Å². The van der Waals surface area contributed by atoms with Crippen molar-refractivity contribution in [1.82, 2.24) is 0 Å². The highest BCUT2D eigenvalue weighted by Crippen LogP contribution is 2.31. The molecule has 1 aromatic heterocycles. The minimum atomic E-state index is -0.452. The molecule has 0 bridgehead atoms. The van der Waals surface area contributed by atoms with E-state index in [0.717, 1.165) is 0 Å². The second-order valence-electron chi connectivity index (χ2n) is 4.19. The Bertz CT molecular complexity index is 803. The molecule has 21 heavy (non-hydrogen) atoms. The van der Waals surface area contributed by atoms with Gasteiger partial charge in [-0.15, -0.1) is 0 Å². The lowest BCUT2D eigenvalue weighted by Gasteiger charge is -2.02. The fourth-order valence-electron chi connectivity index (χ4n) is 1.90. The van der Waals surface area contributed by atoms with Gasteiger partial charge >= 0.3 is 0 Å². The third kappa shape index (κ3) is 2.80. The second-order valence-corrected chi connectivity index (χ2v) is 4.19. The maximum absolute atomic E-state index is 10.9. The first-order valence-corrected chi connectivity index (χ1v) is 5.93. The van der Waals surface area contributed by atoms with Gasteiger partial charge in [-0.3, -0.25) is 10.1 Å². The minimum Gasteiger partial charge on any atom is -0.457 e. The molecule has 6 heteroatoms. The van der Waals surface area contributed by atoms with E-state index >= 15 is 0 Å². The molecule has 1 heterocycles. The summed E-state index contributed by atoms with van der Waals surface area (Å²) >= 11 is 0. The van der Waals surface area contributed by atoms with Crippen LogP contribution in [0.2, 0.25) is 0 Å². The van der Waals surface area contributed by atoms with E-state index < -0.39 is 4.92 Å². The van der Waals surface area contributed by atoms with Crippen molar-refractivity contribution in [2.24, 2.45) is 0 Å². The summed E-state index contributed by atoms with van der Waals surface area (Å²) in [5.41, 5.74) is 1.02. The molecule has 102 valence electrons. The van der Waals surface area contributed by atoms with Crippen LogP contribution in [0.15, 0.2) is 40.3 Å². The van der Waals surface area contributed by atoms with Gasteiger partial charge in [-0.1, -0.05) is 12.1 Å². The van der Waals surface area contributed by atoms with Crippen molar-refractivity contribution < 1.29 is 9.34 Å². The van der Waals surface area contributed by atoms with Crippen molar-refractivity contribution in [2.75, 3.05) is 0 Å². The smallest absolute Gasteiger partial charge is 0.273 e. The Morgan fingerprint density at radius 2 is 2.00 bits per heavy atom. The Morgan fingerprint density at radius 3 is 2.62 bits per heavy atom. The van der Waals surface area contributed by atoms with Gasteiger partial charge in [0.1, 0.15) is 29.2 Å². The van der Waals surface area contributed by atoms with Crippen LogP contribution in [0.4, 0.5) is 5.69 Å². The molecule has 0 radical (unpaired) electrons. The number of furan rings is 1. The van der Waals surface area contributed by atoms with Crippen LogP contribution in [0.25, 0.3) is 17.4 Å². The fraction of sp³-hybridized carbons (Fsp3) is 0.0667. The first-order chi connectivity index (χ1) is 10.1. The highest BCUT2D eigenvalue weighted by Gasteiger charge is 2.16. The Balaban J connectivity index is 2.47. The number of nitriles is 2. The molecule has 0 saturated heterocycles. The van der Waals surface area contributed by atoms with E-state index in [2.05, 4.69) is 0 Å². The molecule has 0 fully saturated rings. The van der Waals surface area contributed by atoms with E-state index in [0.29, 0.717) is 22.6 Å². The van der Waals surface area contributed by atoms with Crippen LogP contribution in [0, 0.1) is 39.7 Å². The van der Waals surface area contributed by atoms with E-state index in [1.165, 1.54) is 12.1 Å². The molecule has 0 saturated carbocycles. The van der Waals surface area contributed by atoms with Crippen molar-refractivity contribution in [2.45, 2.75) is 6.92 Å². The van der Waals surface area contributed by atoms with Gasteiger partial charge in [0, 0.05) is 23.3 Å². The Hall–Kier alpha value is -3.38. The summed E-state index contributed by atoms with van der Waals surface area (Å²) in [6.45, 7) is 1.64. The fourth-order valence-corrected chi connectivity index (χ4v) is 1.90. The molecule has 1 aromatic carbocycles. The first kappa shape index (κ1) is 14.0. The maximum Gasteiger partial charge on any atom is 0.273 e. The van der Waals surface area contributed by atoms with Gasteiger partial charge in [0.2, 0.25) is 0 Å². The van der Waals surface area contributed by atoms with E-state index in [9.17, 15) is 10.1 Å². The second kappa shape index (κ2) is 5.72. The van der Waals surface area contributed by atoms with Crippen LogP contribution in [0.5, 0.6) is 0 Å². The summed E-state index contributed by atoms with van der Waals surface area (Å²) in [4.78, 5) is 10.5. The van der Waals surface area contributed by atoms with Crippen molar-refractivity contribution >= 4 is 11.8 Å². The lowest BCUT2D eigenvalue weighted by molar-refractivity contribution is -0.385. The molecule has 0 spiro atoms. The van der Waals surface area contributed by atoms with Crippen LogP contribution in [-0.4, -0.2) is 4.92 Å². The van der Waals surface area contributed by atoms with Crippen LogP contribution >= 0.6 is 0 Å². The van der Waals surface area contributed by atoms with Crippen molar-refractivity contribution in [3.63, 3.8) is 0 Å². The SMILES string of the molecule is Cc1c(-c2ccc(C=C(C#N)C#N)o2)cccc1[N+](=O)[O-]. The summed E-state index contributed by atoms with van der Waals surface area (Å²) in [7, 11) is 0.